The Bertz CT molecular complexity index is 682. The Balaban J connectivity index is 2.14. The van der Waals surface area contributed by atoms with Gasteiger partial charge in [-0.05, 0) is 36.8 Å². The highest BCUT2D eigenvalue weighted by molar-refractivity contribution is 6.32. The molecule has 22 heavy (non-hydrogen) atoms. The van der Waals surface area contributed by atoms with Crippen LogP contribution in [0.15, 0.2) is 36.4 Å². The van der Waals surface area contributed by atoms with Crippen molar-refractivity contribution in [3.8, 4) is 17.2 Å². The quantitative estimate of drug-likeness (QED) is 0.757. The molecule has 0 aromatic heterocycles. The fourth-order valence-electron chi connectivity index (χ4n) is 1.97. The first-order chi connectivity index (χ1) is 10.5. The first kappa shape index (κ1) is 16.2. The average molecular weight is 321 g/mol. The van der Waals surface area contributed by atoms with Crippen LogP contribution in [0.5, 0.6) is 17.2 Å². The van der Waals surface area contributed by atoms with Gasteiger partial charge in [0.25, 0.3) is 0 Å². The molecule has 0 aliphatic carbocycles. The number of ether oxygens (including phenoxy) is 3. The lowest BCUT2D eigenvalue weighted by atomic mass is 10.1. The highest BCUT2D eigenvalue weighted by Gasteiger charge is 2.15. The largest absolute Gasteiger partial charge is 0.497 e. The lowest BCUT2D eigenvalue weighted by Gasteiger charge is -2.11. The summed E-state index contributed by atoms with van der Waals surface area (Å²) in [5.74, 6) is 1.36. The standard InChI is InChI=1S/C17H17ClO4/c1-11-4-7-14(18)17(8-11)22-10-15(19)13-6-5-12(20-2)9-16(13)21-3/h4-9H,10H2,1-3H3. The molecule has 0 saturated heterocycles. The second-order valence-corrected chi connectivity index (χ2v) is 5.12. The normalized spacial score (nSPS) is 10.2. The van der Waals surface area contributed by atoms with Crippen molar-refractivity contribution in [1.82, 2.24) is 0 Å². The SMILES string of the molecule is COc1ccc(C(=O)COc2cc(C)ccc2Cl)c(OC)c1. The van der Waals surface area contributed by atoms with Gasteiger partial charge in [-0.2, -0.15) is 0 Å². The Hall–Kier alpha value is -2.20. The Kier molecular flexibility index (Phi) is 5.28. The van der Waals surface area contributed by atoms with E-state index in [1.807, 2.05) is 13.0 Å². The molecule has 0 spiro atoms. The summed E-state index contributed by atoms with van der Waals surface area (Å²) in [7, 11) is 3.06. The maximum absolute atomic E-state index is 12.3. The Labute approximate surface area is 134 Å². The van der Waals surface area contributed by atoms with E-state index < -0.39 is 0 Å². The van der Waals surface area contributed by atoms with E-state index in [4.69, 9.17) is 25.8 Å². The first-order valence-corrected chi connectivity index (χ1v) is 7.07. The van der Waals surface area contributed by atoms with Crippen LogP contribution in [-0.4, -0.2) is 26.6 Å². The molecule has 2 aromatic carbocycles. The zero-order valence-corrected chi connectivity index (χ0v) is 13.4. The van der Waals surface area contributed by atoms with Gasteiger partial charge in [-0.3, -0.25) is 4.79 Å². The molecule has 0 aliphatic rings. The second kappa shape index (κ2) is 7.18. The van der Waals surface area contributed by atoms with Crippen molar-refractivity contribution in [3.63, 3.8) is 0 Å². The molecule has 4 nitrogen and oxygen atoms in total. The van der Waals surface area contributed by atoms with E-state index >= 15 is 0 Å². The Morgan fingerprint density at radius 2 is 1.82 bits per heavy atom. The van der Waals surface area contributed by atoms with Crippen LogP contribution in [-0.2, 0) is 0 Å². The Morgan fingerprint density at radius 3 is 2.50 bits per heavy atom. The maximum atomic E-state index is 12.3. The van der Waals surface area contributed by atoms with Gasteiger partial charge >= 0.3 is 0 Å². The van der Waals surface area contributed by atoms with Gasteiger partial charge in [-0.15, -0.1) is 0 Å². The molecule has 0 fully saturated rings. The minimum absolute atomic E-state index is 0.119. The van der Waals surface area contributed by atoms with Gasteiger partial charge in [0.05, 0.1) is 24.8 Å². The molecular formula is C17H17ClO4. The lowest BCUT2D eigenvalue weighted by Crippen LogP contribution is -2.13. The number of halogens is 1. The number of carbonyl (C=O) groups is 1. The van der Waals surface area contributed by atoms with Crippen LogP contribution in [0.1, 0.15) is 15.9 Å². The number of carbonyl (C=O) groups excluding carboxylic acids is 1. The van der Waals surface area contributed by atoms with Crippen molar-refractivity contribution >= 4 is 17.4 Å². The monoisotopic (exact) mass is 320 g/mol. The highest BCUT2D eigenvalue weighted by atomic mass is 35.5. The van der Waals surface area contributed by atoms with E-state index in [1.165, 1.54) is 7.11 Å². The van der Waals surface area contributed by atoms with Gasteiger partial charge in [0.15, 0.2) is 6.61 Å². The average Bonchev–Trinajstić information content (AvgIpc) is 2.54. The van der Waals surface area contributed by atoms with E-state index in [0.29, 0.717) is 27.8 Å². The number of ketones is 1. The third-order valence-electron chi connectivity index (χ3n) is 3.15. The van der Waals surface area contributed by atoms with Gasteiger partial charge in [0.1, 0.15) is 17.2 Å². The summed E-state index contributed by atoms with van der Waals surface area (Å²) in [4.78, 5) is 12.3. The fraction of sp³-hybridized carbons (Fsp3) is 0.235. The molecule has 116 valence electrons. The fourth-order valence-corrected chi connectivity index (χ4v) is 2.14. The summed E-state index contributed by atoms with van der Waals surface area (Å²) in [6.45, 7) is 1.81. The van der Waals surface area contributed by atoms with Crippen LogP contribution in [0.2, 0.25) is 5.02 Å². The molecule has 2 rings (SSSR count). The number of rotatable bonds is 6. The lowest BCUT2D eigenvalue weighted by molar-refractivity contribution is 0.0918. The van der Waals surface area contributed by atoms with Gasteiger partial charge in [-0.1, -0.05) is 17.7 Å². The van der Waals surface area contributed by atoms with Gasteiger partial charge in [0, 0.05) is 6.07 Å². The van der Waals surface area contributed by atoms with Crippen LogP contribution in [0.4, 0.5) is 0 Å². The van der Waals surface area contributed by atoms with Crippen LogP contribution in [0, 0.1) is 6.92 Å². The molecule has 0 saturated carbocycles. The van der Waals surface area contributed by atoms with Gasteiger partial charge < -0.3 is 14.2 Å². The Morgan fingerprint density at radius 1 is 1.05 bits per heavy atom. The first-order valence-electron chi connectivity index (χ1n) is 6.69. The van der Waals surface area contributed by atoms with E-state index in [0.717, 1.165) is 5.56 Å². The number of Topliss-reactive ketones (excluding diaryl/α,β-unsaturated/α-hetero) is 1. The van der Waals surface area contributed by atoms with Gasteiger partial charge in [0.2, 0.25) is 5.78 Å². The molecule has 0 heterocycles. The summed E-state index contributed by atoms with van der Waals surface area (Å²) in [6.07, 6.45) is 0. The van der Waals surface area contributed by atoms with Crippen LogP contribution in [0.25, 0.3) is 0 Å². The zero-order chi connectivity index (χ0) is 16.1. The highest BCUT2D eigenvalue weighted by Crippen LogP contribution is 2.27. The summed E-state index contributed by atoms with van der Waals surface area (Å²) in [6, 6.07) is 10.4. The van der Waals surface area contributed by atoms with Crippen LogP contribution in [0.3, 0.4) is 0 Å². The number of methoxy groups -OCH3 is 2. The van der Waals surface area contributed by atoms with E-state index in [1.54, 1.807) is 37.4 Å². The summed E-state index contributed by atoms with van der Waals surface area (Å²) >= 11 is 6.05. The molecule has 0 bridgehead atoms. The zero-order valence-electron chi connectivity index (χ0n) is 12.7. The topological polar surface area (TPSA) is 44.8 Å². The summed E-state index contributed by atoms with van der Waals surface area (Å²) < 4.78 is 15.9. The van der Waals surface area contributed by atoms with Crippen molar-refractivity contribution < 1.29 is 19.0 Å². The van der Waals surface area contributed by atoms with Crippen molar-refractivity contribution in [2.75, 3.05) is 20.8 Å². The predicted molar refractivity (Wildman–Crippen MR) is 85.6 cm³/mol. The predicted octanol–water partition coefficient (Wildman–Crippen LogP) is 3.93. The molecule has 0 N–H and O–H groups in total. The maximum Gasteiger partial charge on any atom is 0.203 e. The molecule has 0 aliphatic heterocycles. The van der Waals surface area contributed by atoms with Crippen molar-refractivity contribution in [1.29, 1.82) is 0 Å². The van der Waals surface area contributed by atoms with E-state index in [2.05, 4.69) is 0 Å². The number of hydrogen-bond acceptors (Lipinski definition) is 4. The minimum Gasteiger partial charge on any atom is -0.497 e. The molecule has 0 unspecified atom stereocenters. The third kappa shape index (κ3) is 3.71. The number of hydrogen-bond donors (Lipinski definition) is 0. The minimum atomic E-state index is -0.197. The van der Waals surface area contributed by atoms with Crippen molar-refractivity contribution in [2.24, 2.45) is 0 Å². The summed E-state index contributed by atoms with van der Waals surface area (Å²) in [5, 5.41) is 0.472. The molecule has 0 amide bonds. The molecule has 0 radical (unpaired) electrons. The van der Waals surface area contributed by atoms with E-state index in [-0.39, 0.29) is 12.4 Å². The van der Waals surface area contributed by atoms with Crippen LogP contribution < -0.4 is 14.2 Å². The molecule has 5 heteroatoms. The summed E-state index contributed by atoms with van der Waals surface area (Å²) in [5.41, 5.74) is 1.45. The molecular weight excluding hydrogens is 304 g/mol. The molecule has 2 aromatic rings. The smallest absolute Gasteiger partial charge is 0.203 e. The number of aryl methyl sites for hydroxylation is 1. The number of benzene rings is 2. The third-order valence-corrected chi connectivity index (χ3v) is 3.47. The van der Waals surface area contributed by atoms with Crippen molar-refractivity contribution in [3.05, 3.63) is 52.5 Å². The molecule has 0 atom stereocenters. The van der Waals surface area contributed by atoms with Crippen LogP contribution >= 0.6 is 11.6 Å². The van der Waals surface area contributed by atoms with Crippen molar-refractivity contribution in [2.45, 2.75) is 6.92 Å². The second-order valence-electron chi connectivity index (χ2n) is 4.71. The van der Waals surface area contributed by atoms with Gasteiger partial charge in [-0.25, -0.2) is 0 Å². The van der Waals surface area contributed by atoms with E-state index in [9.17, 15) is 4.79 Å².